The molecule has 0 atom stereocenters. The summed E-state index contributed by atoms with van der Waals surface area (Å²) in [5.41, 5.74) is -0.381. The van der Waals surface area contributed by atoms with Gasteiger partial charge >= 0.3 is 17.9 Å². The summed E-state index contributed by atoms with van der Waals surface area (Å²) in [6.45, 7) is 0. The summed E-state index contributed by atoms with van der Waals surface area (Å²) in [4.78, 5) is 34.5. The van der Waals surface area contributed by atoms with E-state index in [1.165, 1.54) is 36.4 Å². The van der Waals surface area contributed by atoms with Gasteiger partial charge in [-0.2, -0.15) is 0 Å². The molecule has 0 saturated heterocycles. The molecule has 0 spiro atoms. The zero-order valence-corrected chi connectivity index (χ0v) is 11.6. The van der Waals surface area contributed by atoms with Crippen LogP contribution in [-0.4, -0.2) is 33.2 Å². The van der Waals surface area contributed by atoms with Crippen LogP contribution in [0.25, 0.3) is 21.5 Å². The van der Waals surface area contributed by atoms with Crippen molar-refractivity contribution in [1.29, 1.82) is 0 Å². The molecule has 0 radical (unpaired) electrons. The molecule has 3 rings (SSSR count). The molecule has 0 aliphatic heterocycles. The predicted molar refractivity (Wildman–Crippen MR) is 82.3 cm³/mol. The summed E-state index contributed by atoms with van der Waals surface area (Å²) < 4.78 is 0. The van der Waals surface area contributed by atoms with Crippen molar-refractivity contribution in [2.24, 2.45) is 0 Å². The number of hydrogen-bond donors (Lipinski definition) is 3. The molecule has 0 amide bonds. The van der Waals surface area contributed by atoms with Crippen LogP contribution in [0.4, 0.5) is 0 Å². The van der Waals surface area contributed by atoms with Crippen molar-refractivity contribution in [1.82, 2.24) is 0 Å². The van der Waals surface area contributed by atoms with Crippen LogP contribution >= 0.6 is 0 Å². The van der Waals surface area contributed by atoms with Crippen LogP contribution in [0.2, 0.25) is 0 Å². The molecule has 0 aliphatic rings. The molecule has 0 bridgehead atoms. The molecule has 0 aliphatic carbocycles. The molecule has 6 heteroatoms. The van der Waals surface area contributed by atoms with Gasteiger partial charge in [0.15, 0.2) is 0 Å². The lowest BCUT2D eigenvalue weighted by atomic mass is 9.91. The highest BCUT2D eigenvalue weighted by Crippen LogP contribution is 2.32. The van der Waals surface area contributed by atoms with Crippen molar-refractivity contribution in [2.75, 3.05) is 0 Å². The molecule has 0 unspecified atom stereocenters. The lowest BCUT2D eigenvalue weighted by Crippen LogP contribution is -2.06. The first-order valence-corrected chi connectivity index (χ1v) is 6.60. The zero-order valence-electron chi connectivity index (χ0n) is 11.6. The van der Waals surface area contributed by atoms with Gasteiger partial charge in [0.2, 0.25) is 0 Å². The van der Waals surface area contributed by atoms with Crippen molar-refractivity contribution < 1.29 is 29.7 Å². The Kier molecular flexibility index (Phi) is 3.22. The minimum Gasteiger partial charge on any atom is -0.478 e. The van der Waals surface area contributed by atoms with Crippen LogP contribution in [-0.2, 0) is 0 Å². The lowest BCUT2D eigenvalue weighted by molar-refractivity contribution is 0.0684. The number of fused-ring (bicyclic) bond motifs is 2. The van der Waals surface area contributed by atoms with Crippen LogP contribution in [0.3, 0.4) is 0 Å². The second-order valence-corrected chi connectivity index (χ2v) is 4.97. The van der Waals surface area contributed by atoms with Crippen LogP contribution in [0.15, 0.2) is 42.5 Å². The maximum Gasteiger partial charge on any atom is 0.336 e. The first-order chi connectivity index (χ1) is 10.9. The maximum atomic E-state index is 11.7. The van der Waals surface area contributed by atoms with Gasteiger partial charge in [0.1, 0.15) is 0 Å². The third-order valence-corrected chi connectivity index (χ3v) is 3.70. The SMILES string of the molecule is O=C(O)c1cccc2c(C(=O)O)c3c(C(=O)O)cccc3cc12. The summed E-state index contributed by atoms with van der Waals surface area (Å²) in [5.74, 6) is -3.73. The molecular weight excluding hydrogens is 300 g/mol. The van der Waals surface area contributed by atoms with Crippen LogP contribution < -0.4 is 0 Å². The standard InChI is InChI=1S/C17H10O6/c18-15(19)10-5-2-4-9-12(10)7-8-3-1-6-11(16(20)21)13(8)14(9)17(22)23/h1-7H,(H,18,19)(H,20,21)(H,22,23). The van der Waals surface area contributed by atoms with E-state index >= 15 is 0 Å². The Morgan fingerprint density at radius 2 is 1.30 bits per heavy atom. The molecular formula is C17H10O6. The van der Waals surface area contributed by atoms with Crippen molar-refractivity contribution in [2.45, 2.75) is 0 Å². The van der Waals surface area contributed by atoms with Crippen molar-refractivity contribution in [3.8, 4) is 0 Å². The summed E-state index contributed by atoms with van der Waals surface area (Å²) in [7, 11) is 0. The summed E-state index contributed by atoms with van der Waals surface area (Å²) in [6.07, 6.45) is 0. The number of aromatic carboxylic acids is 3. The first kappa shape index (κ1) is 14.5. The fourth-order valence-electron chi connectivity index (χ4n) is 2.79. The number of hydrogen-bond acceptors (Lipinski definition) is 3. The van der Waals surface area contributed by atoms with E-state index in [4.69, 9.17) is 0 Å². The summed E-state index contributed by atoms with van der Waals surface area (Å²) in [6, 6.07) is 10.2. The van der Waals surface area contributed by atoms with E-state index in [0.29, 0.717) is 5.39 Å². The number of carboxylic acid groups (broad SMARTS) is 3. The topological polar surface area (TPSA) is 112 Å². The Labute approximate surface area is 129 Å². The van der Waals surface area contributed by atoms with Crippen molar-refractivity contribution in [3.63, 3.8) is 0 Å². The van der Waals surface area contributed by atoms with E-state index in [1.807, 2.05) is 0 Å². The van der Waals surface area contributed by atoms with Crippen molar-refractivity contribution in [3.05, 3.63) is 59.2 Å². The molecule has 114 valence electrons. The van der Waals surface area contributed by atoms with Crippen LogP contribution in [0, 0.1) is 0 Å². The normalized spacial score (nSPS) is 10.8. The fourth-order valence-corrected chi connectivity index (χ4v) is 2.79. The highest BCUT2D eigenvalue weighted by atomic mass is 16.4. The van der Waals surface area contributed by atoms with Gasteiger partial charge in [0.25, 0.3) is 0 Å². The van der Waals surface area contributed by atoms with Crippen LogP contribution in [0.5, 0.6) is 0 Å². The van der Waals surface area contributed by atoms with E-state index in [-0.39, 0.29) is 32.8 Å². The second kappa shape index (κ2) is 5.10. The molecule has 3 aromatic rings. The molecule has 0 fully saturated rings. The van der Waals surface area contributed by atoms with Gasteiger partial charge in [-0.05, 0) is 34.4 Å². The van der Waals surface area contributed by atoms with Crippen LogP contribution in [0.1, 0.15) is 31.1 Å². The third-order valence-electron chi connectivity index (χ3n) is 3.70. The molecule has 0 heterocycles. The van der Waals surface area contributed by atoms with E-state index in [2.05, 4.69) is 0 Å². The Hall–Kier alpha value is -3.41. The second-order valence-electron chi connectivity index (χ2n) is 4.97. The molecule has 0 aromatic heterocycles. The maximum absolute atomic E-state index is 11.7. The Balaban J connectivity index is 2.64. The smallest absolute Gasteiger partial charge is 0.336 e. The lowest BCUT2D eigenvalue weighted by Gasteiger charge is -2.12. The van der Waals surface area contributed by atoms with E-state index in [0.717, 1.165) is 0 Å². The average Bonchev–Trinajstić information content (AvgIpc) is 2.50. The third kappa shape index (κ3) is 2.17. The fraction of sp³-hybridized carbons (Fsp3) is 0. The highest BCUT2D eigenvalue weighted by Gasteiger charge is 2.21. The van der Waals surface area contributed by atoms with E-state index in [1.54, 1.807) is 6.07 Å². The molecule has 6 nitrogen and oxygen atoms in total. The Morgan fingerprint density at radius 1 is 0.696 bits per heavy atom. The van der Waals surface area contributed by atoms with Gasteiger partial charge in [0, 0.05) is 5.39 Å². The molecule has 0 saturated carbocycles. The minimum absolute atomic E-state index is 0.0346. The van der Waals surface area contributed by atoms with E-state index < -0.39 is 17.9 Å². The molecule has 3 N–H and O–H groups in total. The van der Waals surface area contributed by atoms with Gasteiger partial charge in [0.05, 0.1) is 16.7 Å². The van der Waals surface area contributed by atoms with Gasteiger partial charge in [-0.1, -0.05) is 24.3 Å². The molecule has 3 aromatic carbocycles. The quantitative estimate of drug-likeness (QED) is 0.641. The monoisotopic (exact) mass is 310 g/mol. The Morgan fingerprint density at radius 3 is 1.91 bits per heavy atom. The van der Waals surface area contributed by atoms with Gasteiger partial charge in [-0.15, -0.1) is 0 Å². The van der Waals surface area contributed by atoms with Gasteiger partial charge < -0.3 is 15.3 Å². The number of rotatable bonds is 3. The van der Waals surface area contributed by atoms with Gasteiger partial charge in [-0.25, -0.2) is 14.4 Å². The Bertz CT molecular complexity index is 1000. The summed E-state index contributed by atoms with van der Waals surface area (Å²) in [5, 5.41) is 29.1. The number of benzene rings is 3. The number of carboxylic acids is 3. The average molecular weight is 310 g/mol. The predicted octanol–water partition coefficient (Wildman–Crippen LogP) is 3.09. The number of carbonyl (C=O) groups is 3. The first-order valence-electron chi connectivity index (χ1n) is 6.60. The van der Waals surface area contributed by atoms with E-state index in [9.17, 15) is 29.7 Å². The zero-order chi connectivity index (χ0) is 16.7. The van der Waals surface area contributed by atoms with Gasteiger partial charge in [-0.3, -0.25) is 0 Å². The summed E-state index contributed by atoms with van der Waals surface area (Å²) >= 11 is 0. The largest absolute Gasteiger partial charge is 0.478 e. The van der Waals surface area contributed by atoms with Crippen molar-refractivity contribution >= 4 is 39.5 Å². The minimum atomic E-state index is -1.31. The molecule has 23 heavy (non-hydrogen) atoms. The highest BCUT2D eigenvalue weighted by molar-refractivity contribution is 6.22.